The van der Waals surface area contributed by atoms with E-state index in [-0.39, 0.29) is 0 Å². The average molecular weight is 270 g/mol. The number of aryl methyl sites for hydroxylation is 1. The Morgan fingerprint density at radius 1 is 1.25 bits per heavy atom. The van der Waals surface area contributed by atoms with Gasteiger partial charge in [-0.05, 0) is 74.3 Å². The summed E-state index contributed by atoms with van der Waals surface area (Å²) in [5.41, 5.74) is 9.40. The lowest BCUT2D eigenvalue weighted by atomic mass is 9.76. The molecule has 4 rings (SSSR count). The van der Waals surface area contributed by atoms with Crippen LogP contribution in [0.25, 0.3) is 0 Å². The van der Waals surface area contributed by atoms with Crippen LogP contribution < -0.4 is 5.73 Å². The first-order chi connectivity index (χ1) is 9.81. The van der Waals surface area contributed by atoms with Crippen molar-refractivity contribution in [2.45, 2.75) is 63.3 Å². The Morgan fingerprint density at radius 3 is 3.00 bits per heavy atom. The lowest BCUT2D eigenvalue weighted by Crippen LogP contribution is -2.34. The van der Waals surface area contributed by atoms with Crippen molar-refractivity contribution in [1.82, 2.24) is 4.98 Å². The Bertz CT molecular complexity index is 484. The van der Waals surface area contributed by atoms with Crippen LogP contribution in [-0.2, 0) is 6.42 Å². The van der Waals surface area contributed by atoms with Crippen LogP contribution in [0, 0.1) is 17.8 Å². The quantitative estimate of drug-likeness (QED) is 0.910. The second-order valence-corrected chi connectivity index (χ2v) is 7.38. The van der Waals surface area contributed by atoms with Crippen LogP contribution in [0.2, 0.25) is 0 Å². The van der Waals surface area contributed by atoms with E-state index in [0.29, 0.717) is 12.0 Å². The largest absolute Gasteiger partial charge is 0.327 e. The van der Waals surface area contributed by atoms with Crippen LogP contribution in [0.4, 0.5) is 0 Å². The molecule has 1 aromatic heterocycles. The van der Waals surface area contributed by atoms with E-state index >= 15 is 0 Å². The summed E-state index contributed by atoms with van der Waals surface area (Å²) in [7, 11) is 0. The summed E-state index contributed by atoms with van der Waals surface area (Å²) in [5, 5.41) is 0. The van der Waals surface area contributed by atoms with Crippen LogP contribution in [0.3, 0.4) is 0 Å². The Kier molecular flexibility index (Phi) is 3.30. The fraction of sp³-hybridized carbons (Fsp3) is 0.722. The van der Waals surface area contributed by atoms with Gasteiger partial charge in [-0.1, -0.05) is 12.5 Å². The molecule has 5 atom stereocenters. The Balaban J connectivity index is 1.48. The third kappa shape index (κ3) is 2.18. The van der Waals surface area contributed by atoms with E-state index < -0.39 is 0 Å². The van der Waals surface area contributed by atoms with E-state index in [4.69, 9.17) is 5.73 Å². The molecule has 108 valence electrons. The molecule has 0 aliphatic heterocycles. The fourth-order valence-corrected chi connectivity index (χ4v) is 5.24. The number of nitrogens with two attached hydrogens (primary N) is 1. The second kappa shape index (κ2) is 5.14. The minimum absolute atomic E-state index is 0.327. The van der Waals surface area contributed by atoms with Gasteiger partial charge in [-0.25, -0.2) is 0 Å². The molecule has 2 bridgehead atoms. The van der Waals surface area contributed by atoms with Crippen molar-refractivity contribution in [3.8, 4) is 0 Å². The molecule has 2 nitrogen and oxygen atoms in total. The van der Waals surface area contributed by atoms with Gasteiger partial charge >= 0.3 is 0 Å². The summed E-state index contributed by atoms with van der Waals surface area (Å²) < 4.78 is 0. The maximum Gasteiger partial charge on any atom is 0.0481 e. The van der Waals surface area contributed by atoms with E-state index in [9.17, 15) is 0 Å². The summed E-state index contributed by atoms with van der Waals surface area (Å²) in [6, 6.07) is 4.65. The molecular weight excluding hydrogens is 244 g/mol. The van der Waals surface area contributed by atoms with Crippen molar-refractivity contribution in [2.24, 2.45) is 23.5 Å². The zero-order chi connectivity index (χ0) is 13.5. The standard InChI is InChI=1S/C18H26N2/c19-17(11-15-10-12-6-7-14(15)9-12)16-5-1-3-13-4-2-8-20-18(13)16/h2,4,8,12,14-17H,1,3,5-7,9-11,19H2. The first-order valence-electron chi connectivity index (χ1n) is 8.50. The lowest BCUT2D eigenvalue weighted by Gasteiger charge is -2.32. The molecule has 0 radical (unpaired) electrons. The van der Waals surface area contributed by atoms with Crippen LogP contribution in [0.15, 0.2) is 18.3 Å². The van der Waals surface area contributed by atoms with Crippen LogP contribution >= 0.6 is 0 Å². The first kappa shape index (κ1) is 12.8. The smallest absolute Gasteiger partial charge is 0.0481 e. The molecule has 2 saturated carbocycles. The predicted octanol–water partition coefficient (Wildman–Crippen LogP) is 3.66. The van der Waals surface area contributed by atoms with Gasteiger partial charge < -0.3 is 5.73 Å². The molecule has 0 saturated heterocycles. The molecule has 3 aliphatic rings. The molecule has 3 aliphatic carbocycles. The summed E-state index contributed by atoms with van der Waals surface area (Å²) >= 11 is 0. The Hall–Kier alpha value is -0.890. The van der Waals surface area contributed by atoms with Gasteiger partial charge in [0.15, 0.2) is 0 Å². The summed E-state index contributed by atoms with van der Waals surface area (Å²) in [4.78, 5) is 4.66. The minimum atomic E-state index is 0.327. The topological polar surface area (TPSA) is 38.9 Å². The average Bonchev–Trinajstić information content (AvgIpc) is 3.09. The molecule has 1 aromatic rings. The monoisotopic (exact) mass is 270 g/mol. The van der Waals surface area contributed by atoms with Gasteiger partial charge in [-0.3, -0.25) is 4.98 Å². The van der Waals surface area contributed by atoms with E-state index in [2.05, 4.69) is 17.1 Å². The SMILES string of the molecule is NC(CC1CC2CCC1C2)C1CCCc2cccnc21. The molecule has 0 amide bonds. The third-order valence-corrected chi connectivity index (χ3v) is 6.21. The van der Waals surface area contributed by atoms with Crippen LogP contribution in [0.1, 0.15) is 62.1 Å². The van der Waals surface area contributed by atoms with E-state index in [0.717, 1.165) is 17.8 Å². The first-order valence-corrected chi connectivity index (χ1v) is 8.50. The predicted molar refractivity (Wildman–Crippen MR) is 81.4 cm³/mol. The molecule has 2 N–H and O–H groups in total. The molecule has 2 fully saturated rings. The highest BCUT2D eigenvalue weighted by Crippen LogP contribution is 2.50. The number of aromatic nitrogens is 1. The second-order valence-electron chi connectivity index (χ2n) is 7.38. The molecule has 0 aromatic carbocycles. The molecule has 5 unspecified atom stereocenters. The molecule has 2 heteroatoms. The van der Waals surface area contributed by atoms with Crippen molar-refractivity contribution < 1.29 is 0 Å². The highest BCUT2D eigenvalue weighted by atomic mass is 14.7. The van der Waals surface area contributed by atoms with Crippen molar-refractivity contribution in [2.75, 3.05) is 0 Å². The van der Waals surface area contributed by atoms with Crippen molar-refractivity contribution in [3.05, 3.63) is 29.6 Å². The van der Waals surface area contributed by atoms with Crippen LogP contribution in [0.5, 0.6) is 0 Å². The van der Waals surface area contributed by atoms with Gasteiger partial charge in [0.1, 0.15) is 0 Å². The molecule has 0 spiro atoms. The Morgan fingerprint density at radius 2 is 2.20 bits per heavy atom. The van der Waals surface area contributed by atoms with Gasteiger partial charge in [0.05, 0.1) is 0 Å². The summed E-state index contributed by atoms with van der Waals surface area (Å²) in [6.07, 6.45) is 12.8. The van der Waals surface area contributed by atoms with Crippen molar-refractivity contribution in [1.29, 1.82) is 0 Å². The van der Waals surface area contributed by atoms with Gasteiger partial charge in [-0.2, -0.15) is 0 Å². The summed E-state index contributed by atoms with van der Waals surface area (Å²) in [6.45, 7) is 0. The number of fused-ring (bicyclic) bond motifs is 3. The maximum absolute atomic E-state index is 6.63. The zero-order valence-corrected chi connectivity index (χ0v) is 12.3. The minimum Gasteiger partial charge on any atom is -0.327 e. The highest BCUT2D eigenvalue weighted by Gasteiger charge is 2.41. The number of rotatable bonds is 3. The van der Waals surface area contributed by atoms with Gasteiger partial charge in [-0.15, -0.1) is 0 Å². The third-order valence-electron chi connectivity index (χ3n) is 6.21. The molecule has 20 heavy (non-hydrogen) atoms. The van der Waals surface area contributed by atoms with Gasteiger partial charge in [0.2, 0.25) is 0 Å². The maximum atomic E-state index is 6.63. The molecule has 1 heterocycles. The van der Waals surface area contributed by atoms with E-state index in [1.807, 2.05) is 6.20 Å². The Labute approximate surface area is 122 Å². The lowest BCUT2D eigenvalue weighted by molar-refractivity contribution is 0.274. The van der Waals surface area contributed by atoms with Crippen molar-refractivity contribution >= 4 is 0 Å². The van der Waals surface area contributed by atoms with Gasteiger partial charge in [0.25, 0.3) is 0 Å². The normalized spacial score (nSPS) is 36.9. The van der Waals surface area contributed by atoms with Crippen LogP contribution in [-0.4, -0.2) is 11.0 Å². The number of pyridine rings is 1. The number of hydrogen-bond donors (Lipinski definition) is 1. The number of hydrogen-bond acceptors (Lipinski definition) is 2. The fourth-order valence-electron chi connectivity index (χ4n) is 5.24. The zero-order valence-electron chi connectivity index (χ0n) is 12.3. The van der Waals surface area contributed by atoms with E-state index in [1.54, 1.807) is 0 Å². The van der Waals surface area contributed by atoms with E-state index in [1.165, 1.54) is 62.6 Å². The van der Waals surface area contributed by atoms with Gasteiger partial charge in [0, 0.05) is 23.9 Å². The van der Waals surface area contributed by atoms with Crippen molar-refractivity contribution in [3.63, 3.8) is 0 Å². The highest BCUT2D eigenvalue weighted by molar-refractivity contribution is 5.27. The number of nitrogens with zero attached hydrogens (tertiary/aromatic N) is 1. The summed E-state index contributed by atoms with van der Waals surface area (Å²) in [5.74, 6) is 3.46. The molecular formula is C18H26N2.